The zero-order valence-electron chi connectivity index (χ0n) is 11.4. The number of methoxy groups -OCH3 is 1. The van der Waals surface area contributed by atoms with Gasteiger partial charge in [0.25, 0.3) is 0 Å². The van der Waals surface area contributed by atoms with Crippen LogP contribution in [0.25, 0.3) is 0 Å². The summed E-state index contributed by atoms with van der Waals surface area (Å²) in [5, 5.41) is 19.5. The highest BCUT2D eigenvalue weighted by molar-refractivity contribution is 6.03. The Hall–Kier alpha value is -2.69. The number of fused-ring (bicyclic) bond motifs is 1. The Bertz CT molecular complexity index is 694. The second-order valence-electron chi connectivity index (χ2n) is 4.80. The fourth-order valence-electron chi connectivity index (χ4n) is 2.49. The van der Waals surface area contributed by atoms with Crippen LogP contribution in [0.15, 0.2) is 36.4 Å². The van der Waals surface area contributed by atoms with E-state index in [1.165, 1.54) is 13.2 Å². The largest absolute Gasteiger partial charge is 0.504 e. The highest BCUT2D eigenvalue weighted by atomic mass is 16.5. The highest BCUT2D eigenvalue weighted by Crippen LogP contribution is 2.48. The molecule has 5 nitrogen and oxygen atoms in total. The average molecular weight is 286 g/mol. The quantitative estimate of drug-likeness (QED) is 0.830. The third-order valence-electron chi connectivity index (χ3n) is 3.49. The van der Waals surface area contributed by atoms with E-state index in [0.29, 0.717) is 0 Å². The number of hydrogen-bond acceptors (Lipinski definition) is 5. The lowest BCUT2D eigenvalue weighted by molar-refractivity contribution is 0.0842. The van der Waals surface area contributed by atoms with Crippen LogP contribution >= 0.6 is 0 Å². The molecule has 21 heavy (non-hydrogen) atoms. The van der Waals surface area contributed by atoms with Crippen LogP contribution in [0.3, 0.4) is 0 Å². The van der Waals surface area contributed by atoms with Gasteiger partial charge in [-0.05, 0) is 5.56 Å². The molecule has 0 radical (unpaired) electrons. The summed E-state index contributed by atoms with van der Waals surface area (Å²) in [7, 11) is 1.32. The van der Waals surface area contributed by atoms with Crippen molar-refractivity contribution in [2.24, 2.45) is 0 Å². The summed E-state index contributed by atoms with van der Waals surface area (Å²) >= 11 is 0. The molecule has 2 aromatic rings. The fourth-order valence-corrected chi connectivity index (χ4v) is 2.49. The van der Waals surface area contributed by atoms with Gasteiger partial charge in [-0.1, -0.05) is 30.3 Å². The molecule has 0 aromatic heterocycles. The molecule has 2 N–H and O–H groups in total. The Kier molecular flexibility index (Phi) is 3.17. The van der Waals surface area contributed by atoms with Crippen LogP contribution in [0.1, 0.15) is 28.4 Å². The van der Waals surface area contributed by atoms with E-state index in [1.54, 1.807) is 0 Å². The number of phenolic OH excluding ortho intramolecular Hbond substituents is 2. The summed E-state index contributed by atoms with van der Waals surface area (Å²) in [6.07, 6.45) is -0.266. The van der Waals surface area contributed by atoms with E-state index in [0.717, 1.165) is 5.56 Å². The first-order chi connectivity index (χ1) is 10.1. The maximum atomic E-state index is 12.4. The van der Waals surface area contributed by atoms with Gasteiger partial charge in [-0.3, -0.25) is 4.79 Å². The molecule has 5 heteroatoms. The smallest absolute Gasteiger partial charge is 0.201 e. The molecular formula is C16H14O5. The molecule has 0 saturated heterocycles. The molecule has 0 unspecified atom stereocenters. The number of benzene rings is 2. The second kappa shape index (κ2) is 5.01. The molecule has 1 aliphatic rings. The van der Waals surface area contributed by atoms with Crippen molar-refractivity contribution in [3.63, 3.8) is 0 Å². The first-order valence-corrected chi connectivity index (χ1v) is 6.49. The van der Waals surface area contributed by atoms with Crippen molar-refractivity contribution in [2.45, 2.75) is 12.5 Å². The van der Waals surface area contributed by atoms with E-state index >= 15 is 0 Å². The number of phenols is 2. The number of ketones is 1. The van der Waals surface area contributed by atoms with Crippen molar-refractivity contribution in [3.05, 3.63) is 47.5 Å². The first kappa shape index (κ1) is 13.3. The normalized spacial score (nSPS) is 17.0. The van der Waals surface area contributed by atoms with Crippen LogP contribution < -0.4 is 9.47 Å². The molecule has 3 rings (SSSR count). The van der Waals surface area contributed by atoms with Crippen LogP contribution in [0, 0.1) is 0 Å². The van der Waals surface area contributed by atoms with Crippen molar-refractivity contribution in [1.82, 2.24) is 0 Å². The number of rotatable bonds is 2. The minimum absolute atomic E-state index is 0.0542. The number of carbonyl (C=O) groups is 1. The Balaban J connectivity index is 2.07. The Labute approximate surface area is 121 Å². The molecule has 0 aliphatic carbocycles. The van der Waals surface area contributed by atoms with E-state index in [1.807, 2.05) is 30.3 Å². The lowest BCUT2D eigenvalue weighted by Crippen LogP contribution is -2.21. The molecule has 108 valence electrons. The molecule has 2 aromatic carbocycles. The van der Waals surface area contributed by atoms with Gasteiger partial charge in [0.1, 0.15) is 17.4 Å². The maximum absolute atomic E-state index is 12.4. The van der Waals surface area contributed by atoms with Gasteiger partial charge in [-0.2, -0.15) is 0 Å². The van der Waals surface area contributed by atoms with E-state index in [-0.39, 0.29) is 35.0 Å². The molecule has 0 bridgehead atoms. The summed E-state index contributed by atoms with van der Waals surface area (Å²) in [4.78, 5) is 12.4. The maximum Gasteiger partial charge on any atom is 0.201 e. The van der Waals surface area contributed by atoms with Gasteiger partial charge < -0.3 is 19.7 Å². The SMILES string of the molecule is COc1c(O)c(O)cc2c1C(=O)C[C@@H](c1ccccc1)O2. The summed E-state index contributed by atoms with van der Waals surface area (Å²) < 4.78 is 10.8. The minimum atomic E-state index is -0.452. The number of aromatic hydroxyl groups is 2. The number of hydrogen-bond donors (Lipinski definition) is 2. The molecular weight excluding hydrogens is 272 g/mol. The van der Waals surface area contributed by atoms with Crippen LogP contribution in [0.5, 0.6) is 23.0 Å². The summed E-state index contributed by atoms with van der Waals surface area (Å²) in [6, 6.07) is 10.6. The monoisotopic (exact) mass is 286 g/mol. The van der Waals surface area contributed by atoms with Crippen LogP contribution in [0.4, 0.5) is 0 Å². The minimum Gasteiger partial charge on any atom is -0.504 e. The lowest BCUT2D eigenvalue weighted by atomic mass is 9.95. The van der Waals surface area contributed by atoms with Gasteiger partial charge in [-0.15, -0.1) is 0 Å². The van der Waals surface area contributed by atoms with Gasteiger partial charge in [0.2, 0.25) is 5.75 Å². The van der Waals surface area contributed by atoms with Crippen molar-refractivity contribution >= 4 is 5.78 Å². The van der Waals surface area contributed by atoms with Crippen molar-refractivity contribution < 1.29 is 24.5 Å². The first-order valence-electron chi connectivity index (χ1n) is 6.49. The van der Waals surface area contributed by atoms with Gasteiger partial charge in [-0.25, -0.2) is 0 Å². The third-order valence-corrected chi connectivity index (χ3v) is 3.49. The fraction of sp³-hybridized carbons (Fsp3) is 0.188. The Morgan fingerprint density at radius 2 is 1.95 bits per heavy atom. The molecule has 1 atom stereocenters. The van der Waals surface area contributed by atoms with Crippen molar-refractivity contribution in [1.29, 1.82) is 0 Å². The zero-order valence-corrected chi connectivity index (χ0v) is 11.4. The molecule has 0 saturated carbocycles. The number of ether oxygens (including phenoxy) is 2. The number of carbonyl (C=O) groups excluding carboxylic acids is 1. The van der Waals surface area contributed by atoms with Crippen LogP contribution in [-0.4, -0.2) is 23.1 Å². The number of Topliss-reactive ketones (excluding diaryl/α,β-unsaturated/α-hetero) is 1. The Morgan fingerprint density at radius 1 is 1.24 bits per heavy atom. The predicted octanol–water partition coefficient (Wildman–Crippen LogP) is 2.81. The topological polar surface area (TPSA) is 76.0 Å². The molecule has 0 fully saturated rings. The van der Waals surface area contributed by atoms with E-state index < -0.39 is 11.9 Å². The van der Waals surface area contributed by atoms with Crippen molar-refractivity contribution in [2.75, 3.05) is 7.11 Å². The van der Waals surface area contributed by atoms with Gasteiger partial charge in [0, 0.05) is 6.07 Å². The van der Waals surface area contributed by atoms with E-state index in [9.17, 15) is 15.0 Å². The summed E-state index contributed by atoms with van der Waals surface area (Å²) in [5.41, 5.74) is 1.04. The lowest BCUT2D eigenvalue weighted by Gasteiger charge is -2.27. The van der Waals surface area contributed by atoms with Crippen molar-refractivity contribution in [3.8, 4) is 23.0 Å². The third kappa shape index (κ3) is 2.16. The highest BCUT2D eigenvalue weighted by Gasteiger charge is 2.33. The van der Waals surface area contributed by atoms with Crippen LogP contribution in [-0.2, 0) is 0 Å². The Morgan fingerprint density at radius 3 is 2.62 bits per heavy atom. The van der Waals surface area contributed by atoms with Gasteiger partial charge >= 0.3 is 0 Å². The molecule has 1 heterocycles. The summed E-state index contributed by atoms with van der Waals surface area (Å²) in [6.45, 7) is 0. The second-order valence-corrected chi connectivity index (χ2v) is 4.80. The standard InChI is InChI=1S/C16H14O5/c1-20-16-14-10(17)7-12(9-5-3-2-4-6-9)21-13(14)8-11(18)15(16)19/h2-6,8,12,18-19H,7H2,1H3/t12-/m0/s1. The molecule has 0 amide bonds. The molecule has 0 spiro atoms. The predicted molar refractivity (Wildman–Crippen MR) is 75.1 cm³/mol. The average Bonchev–Trinajstić information content (AvgIpc) is 2.50. The van der Waals surface area contributed by atoms with Gasteiger partial charge in [0.05, 0.1) is 13.5 Å². The van der Waals surface area contributed by atoms with Crippen LogP contribution in [0.2, 0.25) is 0 Å². The van der Waals surface area contributed by atoms with E-state index in [2.05, 4.69) is 0 Å². The summed E-state index contributed by atoms with van der Waals surface area (Å²) in [5.74, 6) is -0.871. The van der Waals surface area contributed by atoms with Gasteiger partial charge in [0.15, 0.2) is 17.3 Å². The zero-order chi connectivity index (χ0) is 15.0. The van der Waals surface area contributed by atoms with E-state index in [4.69, 9.17) is 9.47 Å². The molecule has 1 aliphatic heterocycles.